The van der Waals surface area contributed by atoms with Gasteiger partial charge in [-0.05, 0) is 36.8 Å². The Balaban J connectivity index is 2.27. The molecule has 2 rings (SSSR count). The number of nitrogens with zero attached hydrogens (tertiary/aromatic N) is 1. The zero-order valence-electron chi connectivity index (χ0n) is 14.5. The number of halogens is 2. The average molecular weight is 382 g/mol. The van der Waals surface area contributed by atoms with Crippen molar-refractivity contribution in [2.24, 2.45) is 0 Å². The summed E-state index contributed by atoms with van der Waals surface area (Å²) in [4.78, 5) is 12.2. The number of unbranched alkanes of at least 4 members (excludes halogenated alkanes) is 1. The van der Waals surface area contributed by atoms with Crippen molar-refractivity contribution < 1.29 is 22.0 Å². The zero-order chi connectivity index (χ0) is 19.3. The van der Waals surface area contributed by atoms with Crippen LogP contribution >= 0.6 is 0 Å². The average Bonchev–Trinajstić information content (AvgIpc) is 2.62. The Bertz CT molecular complexity index is 881. The first kappa shape index (κ1) is 20.0. The lowest BCUT2D eigenvalue weighted by atomic mass is 10.2. The van der Waals surface area contributed by atoms with Crippen LogP contribution in [0.2, 0.25) is 0 Å². The highest BCUT2D eigenvalue weighted by molar-refractivity contribution is 7.89. The van der Waals surface area contributed by atoms with Gasteiger partial charge >= 0.3 is 0 Å². The van der Waals surface area contributed by atoms with Crippen molar-refractivity contribution >= 4 is 21.6 Å². The second kappa shape index (κ2) is 8.37. The second-order valence-electron chi connectivity index (χ2n) is 5.76. The molecule has 0 atom stereocenters. The van der Waals surface area contributed by atoms with Crippen molar-refractivity contribution in [2.75, 3.05) is 18.9 Å². The fraction of sp³-hybridized carbons (Fsp3) is 0.278. The summed E-state index contributed by atoms with van der Waals surface area (Å²) in [6, 6.07) is 8.56. The minimum absolute atomic E-state index is 0.0161. The maximum Gasteiger partial charge on any atom is 0.255 e. The van der Waals surface area contributed by atoms with E-state index in [4.69, 9.17) is 0 Å². The minimum Gasteiger partial charge on any atom is -0.317 e. The lowest BCUT2D eigenvalue weighted by Gasteiger charge is -2.17. The van der Waals surface area contributed by atoms with E-state index in [9.17, 15) is 22.0 Å². The predicted molar refractivity (Wildman–Crippen MR) is 95.5 cm³/mol. The van der Waals surface area contributed by atoms with Crippen LogP contribution in [0.3, 0.4) is 0 Å². The Labute approximate surface area is 151 Å². The van der Waals surface area contributed by atoms with E-state index in [-0.39, 0.29) is 10.5 Å². The van der Waals surface area contributed by atoms with Crippen molar-refractivity contribution in [1.29, 1.82) is 0 Å². The van der Waals surface area contributed by atoms with Crippen molar-refractivity contribution in [1.82, 2.24) is 4.31 Å². The third kappa shape index (κ3) is 4.44. The van der Waals surface area contributed by atoms with E-state index < -0.39 is 33.3 Å². The van der Waals surface area contributed by atoms with Crippen LogP contribution in [0.25, 0.3) is 0 Å². The summed E-state index contributed by atoms with van der Waals surface area (Å²) < 4.78 is 53.6. The summed E-state index contributed by atoms with van der Waals surface area (Å²) in [6.07, 6.45) is 1.55. The molecule has 140 valence electrons. The number of benzene rings is 2. The molecule has 1 N–H and O–H groups in total. The Morgan fingerprint density at radius 3 is 2.35 bits per heavy atom. The second-order valence-corrected chi connectivity index (χ2v) is 7.80. The highest BCUT2D eigenvalue weighted by Gasteiger charge is 2.22. The fourth-order valence-electron chi connectivity index (χ4n) is 2.28. The van der Waals surface area contributed by atoms with E-state index in [0.29, 0.717) is 13.0 Å². The molecule has 0 spiro atoms. The summed E-state index contributed by atoms with van der Waals surface area (Å²) in [5, 5.41) is 2.14. The van der Waals surface area contributed by atoms with Gasteiger partial charge in [-0.15, -0.1) is 0 Å². The summed E-state index contributed by atoms with van der Waals surface area (Å²) in [6.45, 7) is 2.31. The maximum absolute atomic E-state index is 13.7. The van der Waals surface area contributed by atoms with Crippen LogP contribution in [0.5, 0.6) is 0 Å². The number of sulfonamides is 1. The van der Waals surface area contributed by atoms with Crippen LogP contribution in [0, 0.1) is 11.6 Å². The number of anilines is 1. The van der Waals surface area contributed by atoms with E-state index in [1.165, 1.54) is 41.7 Å². The zero-order valence-corrected chi connectivity index (χ0v) is 15.3. The van der Waals surface area contributed by atoms with Gasteiger partial charge < -0.3 is 5.32 Å². The molecule has 8 heteroatoms. The van der Waals surface area contributed by atoms with Gasteiger partial charge in [0.25, 0.3) is 5.91 Å². The molecular weight excluding hydrogens is 362 g/mol. The van der Waals surface area contributed by atoms with Crippen molar-refractivity contribution in [3.63, 3.8) is 0 Å². The van der Waals surface area contributed by atoms with Crippen LogP contribution in [-0.4, -0.2) is 32.2 Å². The lowest BCUT2D eigenvalue weighted by Crippen LogP contribution is -2.28. The van der Waals surface area contributed by atoms with E-state index in [2.05, 4.69) is 5.32 Å². The first-order valence-electron chi connectivity index (χ1n) is 8.09. The molecule has 0 saturated heterocycles. The highest BCUT2D eigenvalue weighted by Crippen LogP contribution is 2.21. The molecule has 0 aliphatic carbocycles. The molecule has 0 radical (unpaired) electrons. The molecule has 2 aromatic carbocycles. The third-order valence-electron chi connectivity index (χ3n) is 3.83. The number of para-hydroxylation sites is 1. The Morgan fingerprint density at radius 1 is 1.12 bits per heavy atom. The van der Waals surface area contributed by atoms with Gasteiger partial charge in [-0.25, -0.2) is 21.5 Å². The molecule has 0 saturated carbocycles. The number of nitrogens with one attached hydrogen (secondary N) is 1. The minimum atomic E-state index is -3.75. The van der Waals surface area contributed by atoms with Crippen molar-refractivity contribution in [3.05, 3.63) is 59.7 Å². The van der Waals surface area contributed by atoms with Gasteiger partial charge in [0.1, 0.15) is 17.3 Å². The third-order valence-corrected chi connectivity index (χ3v) is 5.69. The van der Waals surface area contributed by atoms with Gasteiger partial charge in [0.2, 0.25) is 10.0 Å². The van der Waals surface area contributed by atoms with Crippen LogP contribution < -0.4 is 5.32 Å². The number of hydrogen-bond acceptors (Lipinski definition) is 3. The van der Waals surface area contributed by atoms with Gasteiger partial charge in [-0.2, -0.15) is 0 Å². The summed E-state index contributed by atoms with van der Waals surface area (Å²) in [5.74, 6) is -2.63. The normalized spacial score (nSPS) is 11.6. The van der Waals surface area contributed by atoms with E-state index in [1.54, 1.807) is 0 Å². The number of amides is 1. The molecule has 0 unspecified atom stereocenters. The first-order valence-corrected chi connectivity index (χ1v) is 9.53. The molecule has 0 fully saturated rings. The molecule has 26 heavy (non-hydrogen) atoms. The molecule has 2 aromatic rings. The summed E-state index contributed by atoms with van der Waals surface area (Å²) in [5.41, 5.74) is -0.594. The number of carbonyl (C=O) groups excluding carboxylic acids is 1. The van der Waals surface area contributed by atoms with Gasteiger partial charge in [-0.3, -0.25) is 4.79 Å². The monoisotopic (exact) mass is 382 g/mol. The molecule has 0 aliphatic heterocycles. The van der Waals surface area contributed by atoms with E-state index in [0.717, 1.165) is 18.6 Å². The SMILES string of the molecule is CCCCN(C)S(=O)(=O)c1cccc(C(=O)Nc2c(F)cccc2F)c1. The van der Waals surface area contributed by atoms with Crippen LogP contribution in [-0.2, 0) is 10.0 Å². The molecule has 0 aromatic heterocycles. The Hall–Kier alpha value is -2.32. The summed E-state index contributed by atoms with van der Waals surface area (Å²) >= 11 is 0. The topological polar surface area (TPSA) is 66.5 Å². The highest BCUT2D eigenvalue weighted by atomic mass is 32.2. The van der Waals surface area contributed by atoms with Gasteiger partial charge in [-0.1, -0.05) is 25.5 Å². The molecule has 1 amide bonds. The van der Waals surface area contributed by atoms with Crippen molar-refractivity contribution in [3.8, 4) is 0 Å². The van der Waals surface area contributed by atoms with Gasteiger partial charge in [0, 0.05) is 19.2 Å². The molecule has 0 heterocycles. The number of hydrogen-bond donors (Lipinski definition) is 1. The largest absolute Gasteiger partial charge is 0.317 e. The van der Waals surface area contributed by atoms with Crippen LogP contribution in [0.4, 0.5) is 14.5 Å². The molecular formula is C18H20F2N2O3S. The molecule has 0 aliphatic rings. The maximum atomic E-state index is 13.7. The lowest BCUT2D eigenvalue weighted by molar-refractivity contribution is 0.102. The quantitative estimate of drug-likeness (QED) is 0.795. The van der Waals surface area contributed by atoms with E-state index in [1.807, 2.05) is 6.92 Å². The standard InChI is InChI=1S/C18H20F2N2O3S/c1-3-4-11-22(2)26(24,25)14-8-5-7-13(12-14)18(23)21-17-15(19)9-6-10-16(17)20/h5-10,12H,3-4,11H2,1-2H3,(H,21,23). The number of carbonyl (C=O) groups is 1. The van der Waals surface area contributed by atoms with Crippen LogP contribution in [0.1, 0.15) is 30.1 Å². The van der Waals surface area contributed by atoms with Gasteiger partial charge in [0.15, 0.2) is 0 Å². The van der Waals surface area contributed by atoms with Crippen molar-refractivity contribution in [2.45, 2.75) is 24.7 Å². The Kier molecular flexibility index (Phi) is 6.44. The fourth-order valence-corrected chi connectivity index (χ4v) is 3.54. The first-order chi connectivity index (χ1) is 12.3. The predicted octanol–water partition coefficient (Wildman–Crippen LogP) is 3.64. The Morgan fingerprint density at radius 2 is 1.73 bits per heavy atom. The van der Waals surface area contributed by atoms with E-state index >= 15 is 0 Å². The van der Waals surface area contributed by atoms with Crippen LogP contribution in [0.15, 0.2) is 47.4 Å². The summed E-state index contributed by atoms with van der Waals surface area (Å²) in [7, 11) is -2.29. The van der Waals surface area contributed by atoms with Gasteiger partial charge in [0.05, 0.1) is 4.90 Å². The smallest absolute Gasteiger partial charge is 0.255 e. The number of rotatable bonds is 7. The molecule has 5 nitrogen and oxygen atoms in total. The molecule has 0 bridgehead atoms.